The maximum Gasteiger partial charge on any atom is 0.490 e. The Morgan fingerprint density at radius 1 is 1.00 bits per heavy atom. The minimum atomic E-state index is -5.08. The minimum Gasteiger partial charge on any atom is -0.475 e. The predicted octanol–water partition coefficient (Wildman–Crippen LogP) is 0.719. The first-order valence-corrected chi connectivity index (χ1v) is 11.1. The van der Waals surface area contributed by atoms with Crippen molar-refractivity contribution in [2.45, 2.75) is 50.3 Å². The number of hydrogen-bond donors (Lipinski definition) is 4. The van der Waals surface area contributed by atoms with Gasteiger partial charge in [-0.2, -0.15) is 31.6 Å². The van der Waals surface area contributed by atoms with E-state index in [4.69, 9.17) is 19.8 Å². The molecule has 1 unspecified atom stereocenters. The average molecular weight is 560 g/mol. The second-order valence-electron chi connectivity index (χ2n) is 8.36. The van der Waals surface area contributed by atoms with Crippen LogP contribution < -0.4 is 0 Å². The Morgan fingerprint density at radius 2 is 1.55 bits per heavy atom. The van der Waals surface area contributed by atoms with E-state index in [-0.39, 0.29) is 6.10 Å². The molecule has 0 radical (unpaired) electrons. The summed E-state index contributed by atoms with van der Waals surface area (Å²) in [5, 5.41) is 38.6. The third-order valence-electron chi connectivity index (χ3n) is 5.25. The topological polar surface area (TPSA) is 174 Å². The number of nitrogens with zero attached hydrogens (tertiary/aromatic N) is 7. The molecule has 2 aromatic heterocycles. The van der Waals surface area contributed by atoms with Crippen LogP contribution in [0.3, 0.4) is 0 Å². The number of aromatic amines is 1. The van der Waals surface area contributed by atoms with Gasteiger partial charge in [0.05, 0.1) is 12.6 Å². The molecule has 4 N–H and O–H groups in total. The second-order valence-corrected chi connectivity index (χ2v) is 8.36. The highest BCUT2D eigenvalue weighted by Gasteiger charge is 2.39. The highest BCUT2D eigenvalue weighted by molar-refractivity contribution is 5.73. The fraction of sp³-hybridized carbons (Fsp3) is 0.684. The summed E-state index contributed by atoms with van der Waals surface area (Å²) in [7, 11) is 0. The molecule has 214 valence electrons. The van der Waals surface area contributed by atoms with Crippen molar-refractivity contribution in [3.05, 3.63) is 24.0 Å². The molecule has 4 rings (SSSR count). The van der Waals surface area contributed by atoms with Gasteiger partial charge in [-0.15, -0.1) is 10.2 Å². The van der Waals surface area contributed by atoms with Crippen molar-refractivity contribution in [3.8, 4) is 0 Å². The van der Waals surface area contributed by atoms with Crippen molar-refractivity contribution in [3.63, 3.8) is 0 Å². The Balaban J connectivity index is 0.000000301. The van der Waals surface area contributed by atoms with Gasteiger partial charge in [0.25, 0.3) is 0 Å². The van der Waals surface area contributed by atoms with E-state index in [9.17, 15) is 31.4 Å². The number of nitrogens with one attached hydrogen (secondary N) is 1. The molecule has 1 atom stereocenters. The normalized spacial score (nSPS) is 19.0. The Labute approximate surface area is 211 Å². The van der Waals surface area contributed by atoms with Crippen LogP contribution in [-0.2, 0) is 22.6 Å². The number of rotatable bonds is 6. The van der Waals surface area contributed by atoms with Gasteiger partial charge in [0.1, 0.15) is 5.82 Å². The van der Waals surface area contributed by atoms with Crippen molar-refractivity contribution < 1.29 is 51.3 Å². The van der Waals surface area contributed by atoms with Crippen molar-refractivity contribution in [2.24, 2.45) is 0 Å². The summed E-state index contributed by atoms with van der Waals surface area (Å²) in [6.45, 7) is 4.88. The van der Waals surface area contributed by atoms with Gasteiger partial charge >= 0.3 is 24.3 Å². The predicted molar refractivity (Wildman–Crippen MR) is 113 cm³/mol. The summed E-state index contributed by atoms with van der Waals surface area (Å²) in [6.07, 6.45) is -3.28. The Morgan fingerprint density at radius 3 is 2.05 bits per heavy atom. The fourth-order valence-corrected chi connectivity index (χ4v) is 3.36. The molecule has 2 fully saturated rings. The monoisotopic (exact) mass is 560 g/mol. The van der Waals surface area contributed by atoms with Gasteiger partial charge in [0.15, 0.2) is 5.82 Å². The smallest absolute Gasteiger partial charge is 0.475 e. The number of aliphatic hydroxyl groups excluding tert-OH is 1. The zero-order valence-corrected chi connectivity index (χ0v) is 19.7. The number of carbonyl (C=O) groups is 2. The van der Waals surface area contributed by atoms with E-state index in [2.05, 4.69) is 46.2 Å². The summed E-state index contributed by atoms with van der Waals surface area (Å²) in [6, 6.07) is 0.644. The molecule has 1 saturated heterocycles. The molecule has 1 aliphatic heterocycles. The first-order chi connectivity index (χ1) is 17.7. The summed E-state index contributed by atoms with van der Waals surface area (Å²) < 4.78 is 65.8. The largest absolute Gasteiger partial charge is 0.490 e. The van der Waals surface area contributed by atoms with Gasteiger partial charge in [-0.1, -0.05) is 5.21 Å². The Kier molecular flexibility index (Phi) is 11.0. The summed E-state index contributed by atoms with van der Waals surface area (Å²) in [4.78, 5) is 26.9. The molecule has 2 aliphatic rings. The van der Waals surface area contributed by atoms with Crippen molar-refractivity contribution in [2.75, 3.05) is 32.7 Å². The van der Waals surface area contributed by atoms with Gasteiger partial charge in [-0.05, 0) is 12.8 Å². The van der Waals surface area contributed by atoms with Gasteiger partial charge in [0.2, 0.25) is 0 Å². The van der Waals surface area contributed by atoms with Crippen LogP contribution >= 0.6 is 0 Å². The molecular weight excluding hydrogens is 534 g/mol. The van der Waals surface area contributed by atoms with Crippen LogP contribution in [0, 0.1) is 0 Å². The maximum atomic E-state index is 10.6. The van der Waals surface area contributed by atoms with Gasteiger partial charge in [0, 0.05) is 57.6 Å². The number of halogens is 6. The molecule has 0 aromatic carbocycles. The number of aliphatic carboxylic acids is 2. The van der Waals surface area contributed by atoms with Crippen LogP contribution in [0.4, 0.5) is 26.3 Å². The van der Waals surface area contributed by atoms with Crippen LogP contribution in [0.5, 0.6) is 0 Å². The lowest BCUT2D eigenvalue weighted by atomic mass is 10.3. The highest BCUT2D eigenvalue weighted by atomic mass is 19.4. The fourth-order valence-electron chi connectivity index (χ4n) is 3.36. The zero-order valence-electron chi connectivity index (χ0n) is 19.7. The lowest BCUT2D eigenvalue weighted by Gasteiger charge is -2.21. The van der Waals surface area contributed by atoms with Crippen LogP contribution in [0.1, 0.15) is 30.5 Å². The van der Waals surface area contributed by atoms with Crippen molar-refractivity contribution in [1.29, 1.82) is 0 Å². The SMILES string of the molecule is O=C(O)C(F)(F)F.O=C(O)C(F)(F)F.OC1CN(CCc2nn[nH]n2)CCN(Cc2nccn2C2CC2)C1. The Bertz CT molecular complexity index is 988. The third kappa shape index (κ3) is 11.0. The molecule has 2 aromatic rings. The van der Waals surface area contributed by atoms with Crippen LogP contribution in [0.15, 0.2) is 12.4 Å². The van der Waals surface area contributed by atoms with E-state index in [1.165, 1.54) is 12.8 Å². The van der Waals surface area contributed by atoms with Crippen LogP contribution in [-0.4, -0.2) is 118 Å². The number of carboxylic acid groups (broad SMARTS) is 2. The molecule has 0 bridgehead atoms. The number of aliphatic hydroxyl groups is 1. The summed E-state index contributed by atoms with van der Waals surface area (Å²) >= 11 is 0. The number of alkyl halides is 6. The molecular formula is C19H26F6N8O5. The first-order valence-electron chi connectivity index (χ1n) is 11.1. The Hall–Kier alpha value is -3.32. The molecule has 19 heteroatoms. The lowest BCUT2D eigenvalue weighted by molar-refractivity contribution is -0.193. The summed E-state index contributed by atoms with van der Waals surface area (Å²) in [5.41, 5.74) is 0. The molecule has 1 aliphatic carbocycles. The number of β-amino-alcohol motifs (C(OH)–C–C–N with tert-alkyl or cyclic N) is 1. The van der Waals surface area contributed by atoms with Gasteiger partial charge in [-0.3, -0.25) is 9.80 Å². The van der Waals surface area contributed by atoms with Crippen molar-refractivity contribution in [1.82, 2.24) is 40.0 Å². The molecule has 3 heterocycles. The molecule has 13 nitrogen and oxygen atoms in total. The van der Waals surface area contributed by atoms with Gasteiger partial charge < -0.3 is 19.9 Å². The van der Waals surface area contributed by atoms with Crippen LogP contribution in [0.25, 0.3) is 0 Å². The maximum absolute atomic E-state index is 10.6. The third-order valence-corrected chi connectivity index (χ3v) is 5.25. The number of aromatic nitrogens is 6. The standard InChI is InChI=1S/C15H24N8O.2C2HF3O2/c24-13-9-21(5-3-14-17-19-20-18-14)7-8-22(10-13)11-15-16-4-6-23(15)12-1-2-12;2*3-2(4,5)1(6)7/h4,6,12-13,24H,1-3,5,7-11H2,(H,17,18,19,20);2*(H,6,7). The van der Waals surface area contributed by atoms with E-state index in [1.54, 1.807) is 0 Å². The minimum absolute atomic E-state index is 0.345. The number of carboxylic acids is 2. The molecule has 0 amide bonds. The van der Waals surface area contributed by atoms with E-state index < -0.39 is 24.3 Å². The first kappa shape index (κ1) is 30.9. The van der Waals surface area contributed by atoms with Gasteiger partial charge in [-0.25, -0.2) is 14.6 Å². The molecule has 1 saturated carbocycles. The van der Waals surface area contributed by atoms with E-state index >= 15 is 0 Å². The number of tetrazole rings is 1. The zero-order chi connectivity index (χ0) is 28.5. The van der Waals surface area contributed by atoms with Crippen molar-refractivity contribution >= 4 is 11.9 Å². The summed E-state index contributed by atoms with van der Waals surface area (Å²) in [5.74, 6) is -3.68. The second kappa shape index (κ2) is 13.5. The highest BCUT2D eigenvalue weighted by Crippen LogP contribution is 2.35. The number of hydrogen-bond acceptors (Lipinski definition) is 9. The number of imidazole rings is 1. The van der Waals surface area contributed by atoms with E-state index in [1.807, 2.05) is 6.20 Å². The number of H-pyrrole nitrogens is 1. The molecule has 38 heavy (non-hydrogen) atoms. The van der Waals surface area contributed by atoms with E-state index in [0.29, 0.717) is 19.1 Å². The quantitative estimate of drug-likeness (QED) is 0.367. The lowest BCUT2D eigenvalue weighted by Crippen LogP contribution is -2.34. The van der Waals surface area contributed by atoms with E-state index in [0.717, 1.165) is 44.2 Å². The molecule has 0 spiro atoms. The average Bonchev–Trinajstić information content (AvgIpc) is 3.36. The van der Waals surface area contributed by atoms with Crippen LogP contribution in [0.2, 0.25) is 0 Å².